The molecule has 1 fully saturated rings. The molecular weight excluding hydrogens is 500 g/mol. The fourth-order valence-electron chi connectivity index (χ4n) is 4.11. The van der Waals surface area contributed by atoms with E-state index in [9.17, 15) is 62.9 Å². The van der Waals surface area contributed by atoms with Crippen molar-refractivity contribution in [3.8, 4) is 0 Å². The summed E-state index contributed by atoms with van der Waals surface area (Å²) < 4.78 is 156. The lowest BCUT2D eigenvalue weighted by molar-refractivity contribution is -0.338. The molecule has 0 aromatic rings. The Bertz CT molecular complexity index is 636. The fraction of sp³-hybridized carbons (Fsp3) is 1.00. The van der Waals surface area contributed by atoms with Gasteiger partial charge < -0.3 is 10.2 Å². The lowest BCUT2D eigenvalue weighted by Crippen LogP contribution is -2.59. The van der Waals surface area contributed by atoms with Gasteiger partial charge in [-0.1, -0.05) is 34.1 Å². The van der Waals surface area contributed by atoms with E-state index in [0.717, 1.165) is 6.92 Å². The first kappa shape index (κ1) is 33.1. The highest BCUT2D eigenvalue weighted by atomic mass is 19.4. The van der Waals surface area contributed by atoms with Gasteiger partial charge >= 0.3 is 12.4 Å². The van der Waals surface area contributed by atoms with Crippen LogP contribution < -0.4 is 0 Å². The molecule has 0 aromatic carbocycles. The Morgan fingerprint density at radius 1 is 0.941 bits per heavy atom. The van der Waals surface area contributed by atoms with Crippen LogP contribution in [0.2, 0.25) is 0 Å². The van der Waals surface area contributed by atoms with Crippen molar-refractivity contribution in [2.45, 2.75) is 107 Å². The summed E-state index contributed by atoms with van der Waals surface area (Å²) in [4.78, 5) is 0. The molecule has 2 nitrogen and oxygen atoms in total. The molecule has 5 unspecified atom stereocenters. The molecule has 0 aliphatic heterocycles. The molecule has 1 rings (SSSR count). The second-order valence-corrected chi connectivity index (χ2v) is 8.78. The van der Waals surface area contributed by atoms with Crippen molar-refractivity contribution in [3.63, 3.8) is 0 Å². The van der Waals surface area contributed by atoms with Gasteiger partial charge in [-0.2, -0.15) is 26.3 Å². The first-order chi connectivity index (χ1) is 15.0. The minimum atomic E-state index is -5.55. The van der Waals surface area contributed by atoms with Gasteiger partial charge in [-0.05, 0) is 25.2 Å². The maximum atomic E-state index is 14.1. The van der Waals surface area contributed by atoms with Crippen LogP contribution in [0.25, 0.3) is 0 Å². The minimum Gasteiger partial charge on any atom is -0.376 e. The lowest BCUT2D eigenvalue weighted by Gasteiger charge is -2.38. The van der Waals surface area contributed by atoms with E-state index in [1.165, 1.54) is 20.8 Å². The maximum Gasteiger partial charge on any atom is 0.423 e. The van der Waals surface area contributed by atoms with Gasteiger partial charge in [-0.25, -0.2) is 22.0 Å². The second-order valence-electron chi connectivity index (χ2n) is 8.78. The molecule has 14 heteroatoms. The van der Waals surface area contributed by atoms with Crippen LogP contribution >= 0.6 is 0 Å². The third-order valence-corrected chi connectivity index (χ3v) is 6.17. The number of rotatable bonds is 8. The Morgan fingerprint density at radius 2 is 1.41 bits per heavy atom. The van der Waals surface area contributed by atoms with Gasteiger partial charge in [0.15, 0.2) is 0 Å². The Hall–Kier alpha value is -0.920. The van der Waals surface area contributed by atoms with Crippen LogP contribution in [-0.4, -0.2) is 58.0 Å². The first-order valence-electron chi connectivity index (χ1n) is 10.6. The van der Waals surface area contributed by atoms with E-state index in [2.05, 4.69) is 0 Å². The largest absolute Gasteiger partial charge is 0.423 e. The van der Waals surface area contributed by atoms with Crippen LogP contribution in [0.5, 0.6) is 0 Å². The molecule has 0 amide bonds. The van der Waals surface area contributed by atoms with E-state index in [1.807, 2.05) is 0 Å². The highest BCUT2D eigenvalue weighted by Crippen LogP contribution is 2.62. The lowest BCUT2D eigenvalue weighted by atomic mass is 9.83. The normalized spacial score (nSPS) is 30.4. The van der Waals surface area contributed by atoms with Crippen LogP contribution in [0.3, 0.4) is 0 Å². The molecule has 0 spiro atoms. The maximum absolute atomic E-state index is 14.1. The Morgan fingerprint density at radius 3 is 1.68 bits per heavy atom. The Labute approximate surface area is 189 Å². The summed E-state index contributed by atoms with van der Waals surface area (Å²) in [6, 6.07) is 0. The summed E-state index contributed by atoms with van der Waals surface area (Å²) in [5.74, 6) is -12.2. The standard InChI is InChI=1S/C10H14F6O.C10H16F6O/c1-3-6-7(11,4-2)5-8(17,9(6,12)13)10(14,15)16;1-3-4-9(12,13)8(17,10(14,15)16)5-7(2)6-11/h6,17H,3-5H2,1-2H3;7,17H,3-6H2,1-2H3. The molecule has 0 heterocycles. The van der Waals surface area contributed by atoms with Crippen LogP contribution in [0.1, 0.15) is 66.2 Å². The number of alkyl halides is 12. The zero-order valence-electron chi connectivity index (χ0n) is 19.0. The summed E-state index contributed by atoms with van der Waals surface area (Å²) in [5, 5.41) is 18.5. The molecule has 1 aliphatic carbocycles. The molecule has 206 valence electrons. The first-order valence-corrected chi connectivity index (χ1v) is 10.6. The van der Waals surface area contributed by atoms with E-state index in [0.29, 0.717) is 0 Å². The second kappa shape index (κ2) is 10.6. The van der Waals surface area contributed by atoms with E-state index in [-0.39, 0.29) is 6.42 Å². The molecule has 0 radical (unpaired) electrons. The zero-order valence-corrected chi connectivity index (χ0v) is 19.0. The van der Waals surface area contributed by atoms with Crippen molar-refractivity contribution >= 4 is 0 Å². The number of hydrogen-bond donors (Lipinski definition) is 2. The molecule has 0 bridgehead atoms. The SMILES string of the molecule is CCC1C(F)(CC)CC(O)(C(F)(F)F)C1(F)F.CCCC(F)(F)C(O)(CC(C)CF)C(F)(F)F. The van der Waals surface area contributed by atoms with E-state index in [1.54, 1.807) is 0 Å². The quantitative estimate of drug-likeness (QED) is 0.327. The molecule has 1 aliphatic rings. The average Bonchev–Trinajstić information content (AvgIpc) is 2.83. The third-order valence-electron chi connectivity index (χ3n) is 6.17. The van der Waals surface area contributed by atoms with Crippen LogP contribution in [0.15, 0.2) is 0 Å². The van der Waals surface area contributed by atoms with Gasteiger partial charge in [0.2, 0.25) is 11.2 Å². The van der Waals surface area contributed by atoms with Crippen molar-refractivity contribution in [1.29, 1.82) is 0 Å². The Balaban J connectivity index is 0.000000641. The molecule has 0 saturated heterocycles. The van der Waals surface area contributed by atoms with Gasteiger partial charge in [0.1, 0.15) is 5.67 Å². The molecule has 0 aromatic heterocycles. The zero-order chi connectivity index (χ0) is 27.6. The minimum absolute atomic E-state index is 0.213. The van der Waals surface area contributed by atoms with Gasteiger partial charge in [0.25, 0.3) is 11.8 Å². The predicted molar refractivity (Wildman–Crippen MR) is 99.1 cm³/mol. The summed E-state index contributed by atoms with van der Waals surface area (Å²) in [6.45, 7) is 3.51. The summed E-state index contributed by atoms with van der Waals surface area (Å²) in [7, 11) is 0. The number of hydrogen-bond acceptors (Lipinski definition) is 2. The topological polar surface area (TPSA) is 40.5 Å². The summed E-state index contributed by atoms with van der Waals surface area (Å²) in [5.41, 5.74) is -11.1. The number of halogens is 12. The molecule has 34 heavy (non-hydrogen) atoms. The van der Waals surface area contributed by atoms with Crippen LogP contribution in [-0.2, 0) is 0 Å². The highest BCUT2D eigenvalue weighted by molar-refractivity contribution is 5.17. The van der Waals surface area contributed by atoms with Gasteiger partial charge in [-0.15, -0.1) is 0 Å². The van der Waals surface area contributed by atoms with Crippen LogP contribution in [0.4, 0.5) is 52.7 Å². The summed E-state index contributed by atoms with van der Waals surface area (Å²) in [6.07, 6.45) is -16.2. The highest BCUT2D eigenvalue weighted by Gasteiger charge is 2.80. The summed E-state index contributed by atoms with van der Waals surface area (Å²) >= 11 is 0. The average molecular weight is 530 g/mol. The van der Waals surface area contributed by atoms with Crippen molar-refractivity contribution in [2.24, 2.45) is 11.8 Å². The molecule has 5 atom stereocenters. The van der Waals surface area contributed by atoms with Gasteiger partial charge in [0, 0.05) is 12.8 Å². The smallest absolute Gasteiger partial charge is 0.376 e. The van der Waals surface area contributed by atoms with E-state index >= 15 is 0 Å². The van der Waals surface area contributed by atoms with Gasteiger partial charge in [0.05, 0.1) is 12.6 Å². The Kier molecular flexibility index (Phi) is 10.3. The van der Waals surface area contributed by atoms with E-state index < -0.39 is 91.7 Å². The molecule has 2 N–H and O–H groups in total. The number of aliphatic hydroxyl groups is 2. The van der Waals surface area contributed by atoms with Crippen molar-refractivity contribution in [1.82, 2.24) is 0 Å². The van der Waals surface area contributed by atoms with Crippen molar-refractivity contribution in [3.05, 3.63) is 0 Å². The van der Waals surface area contributed by atoms with Crippen molar-refractivity contribution in [2.75, 3.05) is 6.67 Å². The predicted octanol–water partition coefficient (Wildman–Crippen LogP) is 7.17. The van der Waals surface area contributed by atoms with E-state index in [4.69, 9.17) is 0 Å². The van der Waals surface area contributed by atoms with Gasteiger partial charge in [-0.3, -0.25) is 4.39 Å². The molecule has 1 saturated carbocycles. The van der Waals surface area contributed by atoms with Crippen LogP contribution in [0, 0.1) is 11.8 Å². The monoisotopic (exact) mass is 530 g/mol. The molecular formula is C20H30F12O2. The fourth-order valence-corrected chi connectivity index (χ4v) is 4.11. The van der Waals surface area contributed by atoms with Crippen molar-refractivity contribution < 1.29 is 62.9 Å². The third kappa shape index (κ3) is 5.89.